The van der Waals surface area contributed by atoms with Gasteiger partial charge in [0.05, 0.1) is 6.61 Å². The van der Waals surface area contributed by atoms with Crippen molar-refractivity contribution in [1.82, 2.24) is 0 Å². The second kappa shape index (κ2) is 3.22. The van der Waals surface area contributed by atoms with Crippen molar-refractivity contribution in [2.45, 2.75) is 6.61 Å². The van der Waals surface area contributed by atoms with Crippen molar-refractivity contribution in [3.05, 3.63) is 36.9 Å². The Bertz CT molecular complexity index is 208. The zero-order valence-electron chi connectivity index (χ0n) is 5.45. The lowest BCUT2D eigenvalue weighted by Crippen LogP contribution is -1.83. The number of benzene rings is 1. The first-order valence-corrected chi connectivity index (χ1v) is 2.92. The van der Waals surface area contributed by atoms with Crippen LogP contribution in [0.2, 0.25) is 0 Å². The highest BCUT2D eigenvalue weighted by Crippen LogP contribution is 2.10. The van der Waals surface area contributed by atoms with Gasteiger partial charge in [0.15, 0.2) is 0 Å². The van der Waals surface area contributed by atoms with Gasteiger partial charge in [-0.15, -0.1) is 0 Å². The highest BCUT2D eigenvalue weighted by atomic mass is 16.5. The molecule has 1 aromatic rings. The first-order valence-electron chi connectivity index (χ1n) is 2.92. The molecule has 2 radical (unpaired) electrons. The van der Waals surface area contributed by atoms with Crippen LogP contribution in [0.3, 0.4) is 0 Å². The molecule has 0 saturated heterocycles. The lowest BCUT2D eigenvalue weighted by Gasteiger charge is -1.97. The van der Waals surface area contributed by atoms with Gasteiger partial charge in [-0.3, -0.25) is 0 Å². The molecule has 0 aliphatic rings. The van der Waals surface area contributed by atoms with Gasteiger partial charge in [0.1, 0.15) is 12.9 Å². The lowest BCUT2D eigenvalue weighted by atomic mass is 10.2. The summed E-state index contributed by atoms with van der Waals surface area (Å²) in [6.07, 6.45) is 0. The van der Waals surface area contributed by atoms with E-state index in [0.717, 1.165) is 5.56 Å². The maximum Gasteiger partial charge on any atom is 0.116 e. The normalized spacial score (nSPS) is 9.70. The van der Waals surface area contributed by atoms with Crippen molar-refractivity contribution in [2.24, 2.45) is 0 Å². The Morgan fingerprint density at radius 3 is 2.90 bits per heavy atom. The van der Waals surface area contributed by atoms with Crippen LogP contribution in [0.1, 0.15) is 5.56 Å². The molecule has 1 aromatic carbocycles. The molecule has 0 saturated carbocycles. The van der Waals surface area contributed by atoms with Gasteiger partial charge in [-0.05, 0) is 17.7 Å². The van der Waals surface area contributed by atoms with E-state index in [2.05, 4.69) is 4.74 Å². The summed E-state index contributed by atoms with van der Waals surface area (Å²) in [5.41, 5.74) is 0.863. The number of phenols is 1. The summed E-state index contributed by atoms with van der Waals surface area (Å²) >= 11 is 0. The van der Waals surface area contributed by atoms with Crippen LogP contribution in [0.4, 0.5) is 0 Å². The third-order valence-corrected chi connectivity index (χ3v) is 1.16. The summed E-state index contributed by atoms with van der Waals surface area (Å²) in [7, 11) is 4.83. The molecule has 0 atom stereocenters. The fourth-order valence-corrected chi connectivity index (χ4v) is 0.742. The Labute approximate surface area is 60.1 Å². The summed E-state index contributed by atoms with van der Waals surface area (Å²) in [6, 6.07) is 6.77. The van der Waals surface area contributed by atoms with Gasteiger partial charge in [-0.2, -0.15) is 0 Å². The molecular weight excluding hydrogens is 128 g/mol. The number of ether oxygens (including phenoxy) is 1. The summed E-state index contributed by atoms with van der Waals surface area (Å²) < 4.78 is 4.37. The Balaban J connectivity index is 2.75. The fourth-order valence-electron chi connectivity index (χ4n) is 0.742. The maximum absolute atomic E-state index is 8.94. The van der Waals surface area contributed by atoms with Crippen LogP contribution in [0.25, 0.3) is 0 Å². The van der Waals surface area contributed by atoms with Crippen LogP contribution in [-0.4, -0.2) is 5.11 Å². The smallest absolute Gasteiger partial charge is 0.116 e. The number of aromatic hydroxyl groups is 1. The predicted molar refractivity (Wildman–Crippen MR) is 37.2 cm³/mol. The van der Waals surface area contributed by atoms with Gasteiger partial charge in [-0.25, -0.2) is 0 Å². The van der Waals surface area contributed by atoms with Crippen molar-refractivity contribution < 1.29 is 9.84 Å². The molecule has 0 unspecified atom stereocenters. The van der Waals surface area contributed by atoms with Crippen LogP contribution >= 0.6 is 0 Å². The highest BCUT2D eigenvalue weighted by Gasteiger charge is 1.91. The number of hydrogen-bond acceptors (Lipinski definition) is 2. The summed E-state index contributed by atoms with van der Waals surface area (Å²) in [5.74, 6) is 0.231. The average molecular weight is 136 g/mol. The second-order valence-corrected chi connectivity index (χ2v) is 1.98. The highest BCUT2D eigenvalue weighted by molar-refractivity contribution is 5.26. The van der Waals surface area contributed by atoms with E-state index in [1.807, 2.05) is 6.07 Å². The topological polar surface area (TPSA) is 29.5 Å². The SMILES string of the molecule is [CH]OCc1cccc(O)c1. The molecule has 0 amide bonds. The van der Waals surface area contributed by atoms with Gasteiger partial charge >= 0.3 is 0 Å². The minimum atomic E-state index is 0.231. The van der Waals surface area contributed by atoms with E-state index < -0.39 is 0 Å². The van der Waals surface area contributed by atoms with E-state index in [9.17, 15) is 0 Å². The predicted octanol–water partition coefficient (Wildman–Crippen LogP) is 1.58. The van der Waals surface area contributed by atoms with Gasteiger partial charge < -0.3 is 9.84 Å². The summed E-state index contributed by atoms with van der Waals surface area (Å²) in [5, 5.41) is 8.94. The van der Waals surface area contributed by atoms with Gasteiger partial charge in [-0.1, -0.05) is 12.1 Å². The van der Waals surface area contributed by atoms with E-state index in [4.69, 9.17) is 12.2 Å². The second-order valence-electron chi connectivity index (χ2n) is 1.98. The monoisotopic (exact) mass is 136 g/mol. The molecule has 52 valence electrons. The molecule has 0 aliphatic heterocycles. The zero-order chi connectivity index (χ0) is 7.40. The molecule has 0 bridgehead atoms. The molecule has 2 nitrogen and oxygen atoms in total. The molecule has 0 aliphatic carbocycles. The van der Waals surface area contributed by atoms with E-state index in [0.29, 0.717) is 6.61 Å². The van der Waals surface area contributed by atoms with Gasteiger partial charge in [0, 0.05) is 0 Å². The Kier molecular flexibility index (Phi) is 2.29. The minimum absolute atomic E-state index is 0.231. The van der Waals surface area contributed by atoms with Crippen LogP contribution < -0.4 is 0 Å². The fraction of sp³-hybridized carbons (Fsp3) is 0.125. The number of phenolic OH excluding ortho intramolecular Hbond substituents is 1. The van der Waals surface area contributed by atoms with E-state index >= 15 is 0 Å². The van der Waals surface area contributed by atoms with Gasteiger partial charge in [0.25, 0.3) is 0 Å². The van der Waals surface area contributed by atoms with Gasteiger partial charge in [0.2, 0.25) is 0 Å². The number of hydrogen-bond donors (Lipinski definition) is 1. The molecule has 0 heterocycles. The molecule has 1 rings (SSSR count). The Hall–Kier alpha value is -1.02. The zero-order valence-corrected chi connectivity index (χ0v) is 5.45. The molecule has 0 spiro atoms. The summed E-state index contributed by atoms with van der Waals surface area (Å²) in [4.78, 5) is 0. The molecule has 2 heteroatoms. The van der Waals surface area contributed by atoms with Crippen molar-refractivity contribution in [2.75, 3.05) is 0 Å². The minimum Gasteiger partial charge on any atom is -0.508 e. The third kappa shape index (κ3) is 1.74. The van der Waals surface area contributed by atoms with Crippen molar-refractivity contribution >= 4 is 0 Å². The lowest BCUT2D eigenvalue weighted by molar-refractivity contribution is 0.228. The molecular formula is C8H8O2. The first kappa shape index (κ1) is 7.09. The Morgan fingerprint density at radius 2 is 2.30 bits per heavy atom. The van der Waals surface area contributed by atoms with Crippen LogP contribution in [0.5, 0.6) is 5.75 Å². The van der Waals surface area contributed by atoms with E-state index in [-0.39, 0.29) is 5.75 Å². The van der Waals surface area contributed by atoms with Crippen molar-refractivity contribution in [1.29, 1.82) is 0 Å². The van der Waals surface area contributed by atoms with Crippen LogP contribution in [0.15, 0.2) is 24.3 Å². The average Bonchev–Trinajstić information content (AvgIpc) is 1.88. The van der Waals surface area contributed by atoms with Crippen LogP contribution in [-0.2, 0) is 11.3 Å². The maximum atomic E-state index is 8.94. The Morgan fingerprint density at radius 1 is 1.50 bits per heavy atom. The molecule has 1 N–H and O–H groups in total. The van der Waals surface area contributed by atoms with E-state index in [1.54, 1.807) is 18.2 Å². The molecule has 0 aromatic heterocycles. The van der Waals surface area contributed by atoms with Crippen molar-refractivity contribution in [3.8, 4) is 5.75 Å². The third-order valence-electron chi connectivity index (χ3n) is 1.16. The van der Waals surface area contributed by atoms with E-state index in [1.165, 1.54) is 0 Å². The van der Waals surface area contributed by atoms with Crippen molar-refractivity contribution in [3.63, 3.8) is 0 Å². The first-order chi connectivity index (χ1) is 4.83. The molecule has 10 heavy (non-hydrogen) atoms. The van der Waals surface area contributed by atoms with Crippen LogP contribution in [0, 0.1) is 7.11 Å². The quantitative estimate of drug-likeness (QED) is 0.668. The molecule has 0 fully saturated rings. The number of rotatable bonds is 2. The summed E-state index contributed by atoms with van der Waals surface area (Å²) in [6.45, 7) is 0.328. The largest absolute Gasteiger partial charge is 0.508 e. The standard InChI is InChI=1S/C8H8O2/c1-10-6-7-3-2-4-8(9)5-7/h1-5,9H,6H2.